The average Bonchev–Trinajstić information content (AvgIpc) is 2.68. The Bertz CT molecular complexity index is 646. The van der Waals surface area contributed by atoms with Crippen LogP contribution < -0.4 is 10.1 Å². The molecule has 0 bridgehead atoms. The summed E-state index contributed by atoms with van der Waals surface area (Å²) >= 11 is 0. The van der Waals surface area contributed by atoms with Gasteiger partial charge in [0.2, 0.25) is 0 Å². The molecule has 1 aliphatic rings. The number of rotatable bonds is 5. The maximum absolute atomic E-state index is 6.08. The molecule has 0 unspecified atom stereocenters. The van der Waals surface area contributed by atoms with E-state index in [1.165, 1.54) is 24.0 Å². The Morgan fingerprint density at radius 1 is 0.952 bits per heavy atom. The third-order valence-corrected chi connectivity index (χ3v) is 3.72. The van der Waals surface area contributed by atoms with Gasteiger partial charge in [-0.05, 0) is 36.7 Å². The van der Waals surface area contributed by atoms with Crippen molar-refractivity contribution >= 4 is 11.6 Å². The molecule has 0 radical (unpaired) electrons. The number of hydrogen-bond acceptors (Lipinski definition) is 2. The van der Waals surface area contributed by atoms with E-state index in [9.17, 15) is 0 Å². The number of hydrogen-bond donors (Lipinski definition) is 1. The van der Waals surface area contributed by atoms with E-state index in [-0.39, 0.29) is 0 Å². The van der Waals surface area contributed by atoms with Crippen LogP contribution in [0.1, 0.15) is 30.9 Å². The number of benzene rings is 2. The summed E-state index contributed by atoms with van der Waals surface area (Å²) < 4.78 is 6.08. The van der Waals surface area contributed by atoms with E-state index >= 15 is 0 Å². The van der Waals surface area contributed by atoms with Crippen molar-refractivity contribution in [1.82, 2.24) is 5.32 Å². The highest BCUT2D eigenvalue weighted by Crippen LogP contribution is 2.37. The lowest BCUT2D eigenvalue weighted by Gasteiger charge is -2.11. The predicted molar refractivity (Wildman–Crippen MR) is 88.6 cm³/mol. The number of nitrogens with one attached hydrogen (secondary N) is 1. The van der Waals surface area contributed by atoms with Crippen molar-refractivity contribution < 1.29 is 4.74 Å². The number of para-hydroxylation sites is 2. The normalized spacial score (nSPS) is 12.7. The van der Waals surface area contributed by atoms with Gasteiger partial charge in [0.05, 0.1) is 0 Å². The van der Waals surface area contributed by atoms with Crippen molar-refractivity contribution in [2.75, 3.05) is 13.1 Å². The summed E-state index contributed by atoms with van der Waals surface area (Å²) in [6.45, 7) is 4.14. The lowest BCUT2D eigenvalue weighted by molar-refractivity contribution is 0.481. The Hall–Kier alpha value is -2.06. The molecule has 1 aliphatic heterocycles. The Kier molecular flexibility index (Phi) is 4.37. The van der Waals surface area contributed by atoms with Crippen molar-refractivity contribution in [2.45, 2.75) is 19.8 Å². The summed E-state index contributed by atoms with van der Waals surface area (Å²) in [4.78, 5) is 0. The van der Waals surface area contributed by atoms with Crippen LogP contribution in [0.2, 0.25) is 0 Å². The highest BCUT2D eigenvalue weighted by molar-refractivity contribution is 5.87. The highest BCUT2D eigenvalue weighted by atomic mass is 16.5. The minimum Gasteiger partial charge on any atom is -0.456 e. The first kappa shape index (κ1) is 13.9. The van der Waals surface area contributed by atoms with Gasteiger partial charge in [0.25, 0.3) is 0 Å². The largest absolute Gasteiger partial charge is 0.456 e. The van der Waals surface area contributed by atoms with E-state index in [1.807, 2.05) is 24.3 Å². The molecule has 0 aliphatic carbocycles. The van der Waals surface area contributed by atoms with Gasteiger partial charge in [-0.1, -0.05) is 49.7 Å². The highest BCUT2D eigenvalue weighted by Gasteiger charge is 2.15. The lowest BCUT2D eigenvalue weighted by Crippen LogP contribution is -2.17. The van der Waals surface area contributed by atoms with Crippen LogP contribution in [0.4, 0.5) is 0 Å². The van der Waals surface area contributed by atoms with E-state index in [4.69, 9.17) is 4.74 Å². The lowest BCUT2D eigenvalue weighted by atomic mass is 10.0. The van der Waals surface area contributed by atoms with Crippen LogP contribution in [0, 0.1) is 0 Å². The van der Waals surface area contributed by atoms with Crippen molar-refractivity contribution in [2.24, 2.45) is 0 Å². The first-order chi connectivity index (χ1) is 10.4. The Labute approximate surface area is 126 Å². The fraction of sp³-hybridized carbons (Fsp3) is 0.263. The maximum Gasteiger partial charge on any atom is 0.135 e. The van der Waals surface area contributed by atoms with Crippen molar-refractivity contribution in [1.29, 1.82) is 0 Å². The molecule has 3 rings (SSSR count). The van der Waals surface area contributed by atoms with Gasteiger partial charge in [-0.3, -0.25) is 0 Å². The zero-order valence-electron chi connectivity index (χ0n) is 12.4. The monoisotopic (exact) mass is 279 g/mol. The Morgan fingerprint density at radius 2 is 1.71 bits per heavy atom. The van der Waals surface area contributed by atoms with Gasteiger partial charge in [-0.25, -0.2) is 0 Å². The second kappa shape index (κ2) is 6.59. The first-order valence-electron chi connectivity index (χ1n) is 7.66. The van der Waals surface area contributed by atoms with E-state index in [0.717, 1.165) is 30.2 Å². The van der Waals surface area contributed by atoms with Crippen LogP contribution in [0.5, 0.6) is 11.5 Å². The molecule has 2 aromatic carbocycles. The number of ether oxygens (including phenoxy) is 1. The zero-order chi connectivity index (χ0) is 14.5. The van der Waals surface area contributed by atoms with Gasteiger partial charge in [0.15, 0.2) is 0 Å². The molecule has 2 heteroatoms. The minimum atomic E-state index is 0.870. The molecule has 0 saturated carbocycles. The minimum absolute atomic E-state index is 0.870. The van der Waals surface area contributed by atoms with Gasteiger partial charge >= 0.3 is 0 Å². The summed E-state index contributed by atoms with van der Waals surface area (Å²) in [5.74, 6) is 1.86. The Morgan fingerprint density at radius 3 is 2.57 bits per heavy atom. The maximum atomic E-state index is 6.08. The zero-order valence-corrected chi connectivity index (χ0v) is 12.4. The second-order valence-electron chi connectivity index (χ2n) is 5.34. The molecule has 0 fully saturated rings. The van der Waals surface area contributed by atoms with Crippen LogP contribution in [0.3, 0.4) is 0 Å². The molecule has 0 spiro atoms. The Balaban J connectivity index is 1.93. The van der Waals surface area contributed by atoms with Gasteiger partial charge in [0, 0.05) is 17.7 Å². The first-order valence-corrected chi connectivity index (χ1v) is 7.66. The molecule has 2 nitrogen and oxygen atoms in total. The van der Waals surface area contributed by atoms with Crippen molar-refractivity contribution in [3.05, 3.63) is 59.7 Å². The second-order valence-corrected chi connectivity index (χ2v) is 5.34. The molecule has 0 saturated heterocycles. The van der Waals surface area contributed by atoms with E-state index in [2.05, 4.69) is 42.6 Å². The molecule has 1 N–H and O–H groups in total. The van der Waals surface area contributed by atoms with Crippen LogP contribution in [0.15, 0.2) is 48.5 Å². The average molecular weight is 279 g/mol. The molecular formula is C19H21NO. The van der Waals surface area contributed by atoms with Crippen molar-refractivity contribution in [3.8, 4) is 11.5 Å². The molecule has 108 valence electrons. The van der Waals surface area contributed by atoms with Gasteiger partial charge < -0.3 is 10.1 Å². The molecule has 2 aromatic rings. The molecule has 0 atom stereocenters. The van der Waals surface area contributed by atoms with E-state index < -0.39 is 0 Å². The molecule has 0 aromatic heterocycles. The van der Waals surface area contributed by atoms with Crippen LogP contribution >= 0.6 is 0 Å². The predicted octanol–water partition coefficient (Wildman–Crippen LogP) is 4.72. The van der Waals surface area contributed by atoms with E-state index in [0.29, 0.717) is 0 Å². The third-order valence-electron chi connectivity index (χ3n) is 3.72. The third kappa shape index (κ3) is 3.17. The SMILES string of the molecule is CCCCNCC1=Cc2ccccc2Oc2ccccc21. The summed E-state index contributed by atoms with van der Waals surface area (Å²) in [7, 11) is 0. The summed E-state index contributed by atoms with van der Waals surface area (Å²) in [6.07, 6.45) is 4.66. The number of unbranched alkanes of at least 4 members (excludes halogenated alkanes) is 1. The molecule has 1 heterocycles. The van der Waals surface area contributed by atoms with Crippen LogP contribution in [-0.4, -0.2) is 13.1 Å². The quantitative estimate of drug-likeness (QED) is 0.799. The fourth-order valence-corrected chi connectivity index (χ4v) is 2.57. The summed E-state index contributed by atoms with van der Waals surface area (Å²) in [6, 6.07) is 16.5. The van der Waals surface area contributed by atoms with Crippen LogP contribution in [0.25, 0.3) is 11.6 Å². The standard InChI is InChI=1S/C19H21NO/c1-2-3-12-20-14-16-13-15-8-4-6-10-18(15)21-19-11-7-5-9-17(16)19/h4-11,13,20H,2-3,12,14H2,1H3. The topological polar surface area (TPSA) is 21.3 Å². The van der Waals surface area contributed by atoms with Gasteiger partial charge in [-0.2, -0.15) is 0 Å². The smallest absolute Gasteiger partial charge is 0.135 e. The molecule has 0 amide bonds. The van der Waals surface area contributed by atoms with Gasteiger partial charge in [-0.15, -0.1) is 0 Å². The summed E-state index contributed by atoms with van der Waals surface area (Å²) in [5, 5.41) is 3.53. The molecule has 21 heavy (non-hydrogen) atoms. The van der Waals surface area contributed by atoms with Crippen molar-refractivity contribution in [3.63, 3.8) is 0 Å². The fourth-order valence-electron chi connectivity index (χ4n) is 2.57. The van der Waals surface area contributed by atoms with E-state index in [1.54, 1.807) is 0 Å². The van der Waals surface area contributed by atoms with Gasteiger partial charge in [0.1, 0.15) is 11.5 Å². The number of fused-ring (bicyclic) bond motifs is 2. The van der Waals surface area contributed by atoms with Crippen LogP contribution in [-0.2, 0) is 0 Å². The molecular weight excluding hydrogens is 258 g/mol. The summed E-state index contributed by atoms with van der Waals surface area (Å²) in [5.41, 5.74) is 3.60.